The van der Waals surface area contributed by atoms with Crippen molar-refractivity contribution in [2.24, 2.45) is 0 Å². The van der Waals surface area contributed by atoms with Gasteiger partial charge in [-0.3, -0.25) is 4.79 Å². The zero-order chi connectivity index (χ0) is 24.5. The lowest BCUT2D eigenvalue weighted by molar-refractivity contribution is 0.102. The smallest absolute Gasteiger partial charge is 0.189 e. The Bertz CT molecular complexity index is 1420. The monoisotopic (exact) mass is 464 g/mol. The highest BCUT2D eigenvalue weighted by Gasteiger charge is 2.23. The summed E-state index contributed by atoms with van der Waals surface area (Å²) in [5, 5.41) is 0. The van der Waals surface area contributed by atoms with Crippen molar-refractivity contribution < 1.29 is 4.79 Å². The summed E-state index contributed by atoms with van der Waals surface area (Å²) in [7, 11) is 0. The molecule has 0 bridgehead atoms. The largest absolute Gasteiger partial charge is 0.289 e. The summed E-state index contributed by atoms with van der Waals surface area (Å²) in [5.41, 5.74) is 12.3. The van der Waals surface area contributed by atoms with Gasteiger partial charge in [0.2, 0.25) is 0 Å². The zero-order valence-corrected chi connectivity index (χ0v) is 20.3. The zero-order valence-electron chi connectivity index (χ0n) is 20.3. The minimum absolute atomic E-state index is 0.150. The van der Waals surface area contributed by atoms with Gasteiger partial charge in [-0.15, -0.1) is 0 Å². The van der Waals surface area contributed by atoms with Crippen LogP contribution in [-0.4, -0.2) is 5.78 Å². The maximum absolute atomic E-state index is 13.4. The third-order valence-electron chi connectivity index (χ3n) is 7.41. The predicted molar refractivity (Wildman–Crippen MR) is 151 cm³/mol. The number of aryl methyl sites for hydroxylation is 2. The van der Waals surface area contributed by atoms with E-state index in [1.807, 2.05) is 42.5 Å². The first-order valence-corrected chi connectivity index (χ1v) is 12.7. The molecule has 0 amide bonds. The molecule has 36 heavy (non-hydrogen) atoms. The van der Waals surface area contributed by atoms with Crippen LogP contribution in [0.2, 0.25) is 0 Å². The first-order chi connectivity index (χ1) is 17.7. The molecule has 0 N–H and O–H groups in total. The maximum atomic E-state index is 13.4. The Morgan fingerprint density at radius 1 is 0.556 bits per heavy atom. The van der Waals surface area contributed by atoms with Gasteiger partial charge < -0.3 is 0 Å². The van der Waals surface area contributed by atoms with Gasteiger partial charge in [-0.25, -0.2) is 0 Å². The fraction of sp³-hybridized carbons (Fsp3) is 0.114. The van der Waals surface area contributed by atoms with Crippen molar-refractivity contribution in [2.45, 2.75) is 25.7 Å². The van der Waals surface area contributed by atoms with E-state index in [0.29, 0.717) is 0 Å². The molecule has 174 valence electrons. The molecule has 0 aromatic heterocycles. The van der Waals surface area contributed by atoms with Crippen molar-refractivity contribution in [3.63, 3.8) is 0 Å². The first-order valence-electron chi connectivity index (χ1n) is 12.7. The molecule has 2 aliphatic carbocycles. The predicted octanol–water partition coefficient (Wildman–Crippen LogP) is 8.61. The van der Waals surface area contributed by atoms with Gasteiger partial charge in [0.05, 0.1) is 0 Å². The van der Waals surface area contributed by atoms with E-state index in [2.05, 4.69) is 73.3 Å². The summed E-state index contributed by atoms with van der Waals surface area (Å²) in [6.07, 6.45) is 8.01. The van der Waals surface area contributed by atoms with Crippen LogP contribution in [0, 0.1) is 0 Å². The van der Waals surface area contributed by atoms with E-state index >= 15 is 0 Å². The highest BCUT2D eigenvalue weighted by molar-refractivity contribution is 6.13. The van der Waals surface area contributed by atoms with Crippen LogP contribution in [0.1, 0.15) is 51.0 Å². The van der Waals surface area contributed by atoms with Crippen LogP contribution in [-0.2, 0) is 12.8 Å². The Kier molecular flexibility index (Phi) is 5.83. The molecular weight excluding hydrogens is 436 g/mol. The van der Waals surface area contributed by atoms with Crippen LogP contribution in [0.4, 0.5) is 0 Å². The highest BCUT2D eigenvalue weighted by atomic mass is 16.1. The molecule has 1 heteroatoms. The Labute approximate surface area is 213 Å². The minimum Gasteiger partial charge on any atom is -0.289 e. The highest BCUT2D eigenvalue weighted by Crippen LogP contribution is 2.38. The topological polar surface area (TPSA) is 17.1 Å². The number of Topliss-reactive ketones (excluding diaryl/α,β-unsaturated/α-hetero) is 1. The van der Waals surface area contributed by atoms with E-state index in [9.17, 15) is 4.79 Å². The second-order valence-corrected chi connectivity index (χ2v) is 9.71. The number of benzene rings is 4. The molecule has 0 saturated carbocycles. The van der Waals surface area contributed by atoms with Gasteiger partial charge in [-0.1, -0.05) is 97.6 Å². The van der Waals surface area contributed by atoms with Crippen molar-refractivity contribution in [3.05, 3.63) is 148 Å². The molecule has 0 unspecified atom stereocenters. The molecule has 1 nitrogen and oxygen atoms in total. The van der Waals surface area contributed by atoms with Gasteiger partial charge in [0.15, 0.2) is 5.78 Å². The number of carbonyl (C=O) groups is 1. The molecule has 4 aromatic rings. The second kappa shape index (κ2) is 9.43. The number of hydrogen-bond acceptors (Lipinski definition) is 1. The van der Waals surface area contributed by atoms with E-state index < -0.39 is 0 Å². The molecule has 0 radical (unpaired) electrons. The second-order valence-electron chi connectivity index (χ2n) is 9.71. The quantitative estimate of drug-likeness (QED) is 0.277. The van der Waals surface area contributed by atoms with Gasteiger partial charge in [-0.05, 0) is 94.0 Å². The number of fused-ring (bicyclic) bond motifs is 2. The van der Waals surface area contributed by atoms with Crippen LogP contribution in [0.15, 0.2) is 115 Å². The average Bonchev–Trinajstić information content (AvgIpc) is 2.93. The standard InChI is InChI=1S/C35H28O/c1-24-29(20-25-8-4-2-5-9-25)16-12-27-13-17-30(22-33(24)27)31-18-14-28-15-19-32(35(36)34(28)23-31)21-26-10-6-3-7-11-26/h2-11,13-14,17-18,20-23H,1,12,15-16,19H2/b29-20-,32-21+. The van der Waals surface area contributed by atoms with Crippen molar-refractivity contribution in [1.29, 1.82) is 0 Å². The Morgan fingerprint density at radius 2 is 1.06 bits per heavy atom. The Balaban J connectivity index is 1.33. The van der Waals surface area contributed by atoms with Gasteiger partial charge >= 0.3 is 0 Å². The van der Waals surface area contributed by atoms with Gasteiger partial charge in [-0.2, -0.15) is 0 Å². The number of ketones is 1. The molecule has 0 atom stereocenters. The summed E-state index contributed by atoms with van der Waals surface area (Å²) in [6.45, 7) is 4.47. The van der Waals surface area contributed by atoms with E-state index in [4.69, 9.17) is 0 Å². The number of hydrogen-bond donors (Lipinski definition) is 0. The Hall–Kier alpha value is -4.23. The minimum atomic E-state index is 0.150. The summed E-state index contributed by atoms with van der Waals surface area (Å²) in [6, 6.07) is 33.6. The van der Waals surface area contributed by atoms with E-state index in [1.54, 1.807) is 0 Å². The number of carbonyl (C=O) groups excluding carboxylic acids is 1. The van der Waals surface area contributed by atoms with Gasteiger partial charge in [0.25, 0.3) is 0 Å². The van der Waals surface area contributed by atoms with E-state index in [-0.39, 0.29) is 5.78 Å². The molecule has 0 spiro atoms. The lowest BCUT2D eigenvalue weighted by atomic mass is 9.81. The summed E-state index contributed by atoms with van der Waals surface area (Å²) >= 11 is 0. The van der Waals surface area contributed by atoms with Crippen LogP contribution in [0.5, 0.6) is 0 Å². The van der Waals surface area contributed by atoms with Crippen LogP contribution in [0.25, 0.3) is 28.9 Å². The fourth-order valence-corrected chi connectivity index (χ4v) is 5.39. The lowest BCUT2D eigenvalue weighted by Gasteiger charge is -2.23. The lowest BCUT2D eigenvalue weighted by Crippen LogP contribution is -2.14. The molecule has 4 aromatic carbocycles. The molecule has 6 rings (SSSR count). The van der Waals surface area contributed by atoms with Crippen molar-refractivity contribution in [3.8, 4) is 11.1 Å². The third-order valence-corrected chi connectivity index (χ3v) is 7.41. The van der Waals surface area contributed by atoms with Crippen LogP contribution in [0.3, 0.4) is 0 Å². The molecule has 2 aliphatic rings. The van der Waals surface area contributed by atoms with Crippen LogP contribution >= 0.6 is 0 Å². The summed E-state index contributed by atoms with van der Waals surface area (Å²) < 4.78 is 0. The third kappa shape index (κ3) is 4.29. The maximum Gasteiger partial charge on any atom is 0.189 e. The molecule has 0 heterocycles. The summed E-state index contributed by atoms with van der Waals surface area (Å²) in [5.74, 6) is 0.150. The van der Waals surface area contributed by atoms with Gasteiger partial charge in [0.1, 0.15) is 0 Å². The normalized spacial score (nSPS) is 17.2. The SMILES string of the molecule is C=C1/C(=C\c2ccccc2)CCc2ccc(-c3ccc4c(c3)C(=O)/C(=C/c3ccccc3)CC4)cc21. The molecular formula is C35H28O. The van der Waals surface area contributed by atoms with E-state index in [1.165, 1.54) is 22.3 Å². The van der Waals surface area contributed by atoms with Crippen molar-refractivity contribution >= 4 is 23.5 Å². The number of rotatable bonds is 3. The van der Waals surface area contributed by atoms with Crippen molar-refractivity contribution in [2.75, 3.05) is 0 Å². The molecule has 0 saturated heterocycles. The van der Waals surface area contributed by atoms with Crippen molar-refractivity contribution in [1.82, 2.24) is 0 Å². The van der Waals surface area contributed by atoms with E-state index in [0.717, 1.165) is 64.6 Å². The average molecular weight is 465 g/mol. The van der Waals surface area contributed by atoms with Gasteiger partial charge in [0, 0.05) is 11.1 Å². The molecule has 0 aliphatic heterocycles. The van der Waals surface area contributed by atoms with Crippen LogP contribution < -0.4 is 0 Å². The summed E-state index contributed by atoms with van der Waals surface area (Å²) in [4.78, 5) is 13.4. The first kappa shape index (κ1) is 22.2. The fourth-order valence-electron chi connectivity index (χ4n) is 5.39. The molecule has 0 fully saturated rings. The number of allylic oxidation sites excluding steroid dienone is 3. The Morgan fingerprint density at radius 3 is 1.67 bits per heavy atom.